The molecule has 0 aromatic heterocycles. The van der Waals surface area contributed by atoms with Crippen LogP contribution in [0.15, 0.2) is 23.1 Å². The van der Waals surface area contributed by atoms with Gasteiger partial charge in [0, 0.05) is 4.90 Å². The number of aldehydes is 1. The van der Waals surface area contributed by atoms with Crippen LogP contribution in [-0.4, -0.2) is 13.4 Å². The van der Waals surface area contributed by atoms with Crippen LogP contribution in [0.2, 0.25) is 0 Å². The lowest BCUT2D eigenvalue weighted by Crippen LogP contribution is -1.89. The number of methoxy groups -OCH3 is 1. The van der Waals surface area contributed by atoms with Crippen molar-refractivity contribution in [1.29, 1.82) is 0 Å². The van der Waals surface area contributed by atoms with Crippen molar-refractivity contribution >= 4 is 18.9 Å². The maximum atomic E-state index is 10.4. The highest BCUT2D eigenvalue weighted by Crippen LogP contribution is 2.19. The van der Waals surface area contributed by atoms with Crippen molar-refractivity contribution in [2.75, 3.05) is 7.11 Å². The summed E-state index contributed by atoms with van der Waals surface area (Å²) in [5, 5.41) is 0. The van der Waals surface area contributed by atoms with Crippen LogP contribution in [0.5, 0.6) is 5.75 Å². The Labute approximate surface area is 70.6 Å². The molecule has 0 bridgehead atoms. The van der Waals surface area contributed by atoms with Gasteiger partial charge in [-0.3, -0.25) is 4.79 Å². The molecule has 1 aromatic carbocycles. The molecule has 0 saturated carbocycles. The molecule has 0 heterocycles. The number of carbonyl (C=O) groups excluding carboxylic acids is 1. The third-order valence-electron chi connectivity index (χ3n) is 1.34. The molecule has 1 aromatic rings. The summed E-state index contributed by atoms with van der Waals surface area (Å²) in [6, 6.07) is 5.12. The highest BCUT2D eigenvalue weighted by atomic mass is 32.1. The van der Waals surface area contributed by atoms with E-state index in [0.717, 1.165) is 11.2 Å². The Balaban J connectivity index is 3.16. The van der Waals surface area contributed by atoms with Crippen molar-refractivity contribution in [3.8, 4) is 5.75 Å². The van der Waals surface area contributed by atoms with E-state index in [1.165, 1.54) is 7.11 Å². The molecule has 11 heavy (non-hydrogen) atoms. The molecule has 0 unspecified atom stereocenters. The van der Waals surface area contributed by atoms with E-state index in [4.69, 9.17) is 4.74 Å². The molecule has 0 N–H and O–H groups in total. The second kappa shape index (κ2) is 3.44. The standard InChI is InChI=1S/C8H8O2S/c1-10-8-4-7(11)3-2-6(8)5-9/h2-5,11H,1H3. The summed E-state index contributed by atoms with van der Waals surface area (Å²) >= 11 is 4.10. The van der Waals surface area contributed by atoms with Gasteiger partial charge in [-0.2, -0.15) is 0 Å². The molecular weight excluding hydrogens is 160 g/mol. The van der Waals surface area contributed by atoms with Gasteiger partial charge in [0.1, 0.15) is 5.75 Å². The first-order chi connectivity index (χ1) is 5.27. The molecule has 0 aliphatic heterocycles. The summed E-state index contributed by atoms with van der Waals surface area (Å²) in [4.78, 5) is 11.2. The predicted molar refractivity (Wildman–Crippen MR) is 45.6 cm³/mol. The summed E-state index contributed by atoms with van der Waals surface area (Å²) in [5.41, 5.74) is 0.547. The van der Waals surface area contributed by atoms with Gasteiger partial charge in [-0.1, -0.05) is 0 Å². The van der Waals surface area contributed by atoms with Gasteiger partial charge < -0.3 is 4.74 Å². The third kappa shape index (κ3) is 1.74. The van der Waals surface area contributed by atoms with Crippen LogP contribution in [0.25, 0.3) is 0 Å². The molecule has 1 rings (SSSR count). The number of hydrogen-bond donors (Lipinski definition) is 1. The van der Waals surface area contributed by atoms with Gasteiger partial charge in [0.15, 0.2) is 6.29 Å². The fraction of sp³-hybridized carbons (Fsp3) is 0.125. The van der Waals surface area contributed by atoms with Crippen molar-refractivity contribution in [1.82, 2.24) is 0 Å². The van der Waals surface area contributed by atoms with Crippen molar-refractivity contribution in [3.05, 3.63) is 23.8 Å². The third-order valence-corrected chi connectivity index (χ3v) is 1.62. The average Bonchev–Trinajstić information content (AvgIpc) is 2.04. The minimum atomic E-state index is 0.547. The van der Waals surface area contributed by atoms with Crippen LogP contribution in [0.3, 0.4) is 0 Å². The first-order valence-electron chi connectivity index (χ1n) is 3.10. The van der Waals surface area contributed by atoms with E-state index in [1.807, 2.05) is 0 Å². The van der Waals surface area contributed by atoms with Crippen LogP contribution in [0.4, 0.5) is 0 Å². The van der Waals surface area contributed by atoms with Gasteiger partial charge in [-0.25, -0.2) is 0 Å². The smallest absolute Gasteiger partial charge is 0.153 e. The number of ether oxygens (including phenoxy) is 1. The summed E-state index contributed by atoms with van der Waals surface area (Å²) in [6.45, 7) is 0. The van der Waals surface area contributed by atoms with Gasteiger partial charge in [-0.05, 0) is 18.2 Å². The highest BCUT2D eigenvalue weighted by molar-refractivity contribution is 7.80. The quantitative estimate of drug-likeness (QED) is 0.538. The second-order valence-electron chi connectivity index (χ2n) is 2.04. The number of benzene rings is 1. The lowest BCUT2D eigenvalue weighted by molar-refractivity contribution is 0.112. The van der Waals surface area contributed by atoms with Gasteiger partial charge in [0.25, 0.3) is 0 Å². The normalized spacial score (nSPS) is 9.27. The Hall–Kier alpha value is -0.960. The van der Waals surface area contributed by atoms with Gasteiger partial charge in [-0.15, -0.1) is 12.6 Å². The molecule has 0 amide bonds. The molecule has 0 aliphatic carbocycles. The molecule has 0 fully saturated rings. The topological polar surface area (TPSA) is 26.3 Å². The number of rotatable bonds is 2. The lowest BCUT2D eigenvalue weighted by Gasteiger charge is -2.02. The summed E-state index contributed by atoms with van der Waals surface area (Å²) in [6.07, 6.45) is 0.756. The van der Waals surface area contributed by atoms with Crippen LogP contribution < -0.4 is 4.74 Å². The van der Waals surface area contributed by atoms with E-state index < -0.39 is 0 Å². The first-order valence-corrected chi connectivity index (χ1v) is 3.55. The zero-order valence-electron chi connectivity index (χ0n) is 6.07. The van der Waals surface area contributed by atoms with E-state index in [2.05, 4.69) is 12.6 Å². The number of hydrogen-bond acceptors (Lipinski definition) is 3. The van der Waals surface area contributed by atoms with Crippen LogP contribution in [0.1, 0.15) is 10.4 Å². The molecule has 2 nitrogen and oxygen atoms in total. The van der Waals surface area contributed by atoms with Gasteiger partial charge in [0.2, 0.25) is 0 Å². The molecule has 0 atom stereocenters. The van der Waals surface area contributed by atoms with Crippen molar-refractivity contribution in [2.24, 2.45) is 0 Å². The summed E-state index contributed by atoms with van der Waals surface area (Å²) in [7, 11) is 1.52. The minimum absolute atomic E-state index is 0.547. The van der Waals surface area contributed by atoms with Crippen molar-refractivity contribution in [3.63, 3.8) is 0 Å². The zero-order valence-corrected chi connectivity index (χ0v) is 6.97. The van der Waals surface area contributed by atoms with E-state index in [9.17, 15) is 4.79 Å². The molecule has 3 heteroatoms. The average molecular weight is 168 g/mol. The first kappa shape index (κ1) is 8.14. The van der Waals surface area contributed by atoms with Gasteiger partial charge >= 0.3 is 0 Å². The maximum Gasteiger partial charge on any atom is 0.153 e. The fourth-order valence-corrected chi connectivity index (χ4v) is 0.989. The fourth-order valence-electron chi connectivity index (χ4n) is 0.797. The van der Waals surface area contributed by atoms with E-state index in [0.29, 0.717) is 11.3 Å². The Bertz CT molecular complexity index is 271. The molecule has 0 saturated heterocycles. The number of carbonyl (C=O) groups is 1. The van der Waals surface area contributed by atoms with Crippen LogP contribution >= 0.6 is 12.6 Å². The maximum absolute atomic E-state index is 10.4. The SMILES string of the molecule is COc1cc(S)ccc1C=O. The molecule has 58 valence electrons. The van der Waals surface area contributed by atoms with E-state index >= 15 is 0 Å². The Morgan fingerprint density at radius 1 is 1.55 bits per heavy atom. The second-order valence-corrected chi connectivity index (χ2v) is 2.56. The molecule has 0 aliphatic rings. The monoisotopic (exact) mass is 168 g/mol. The van der Waals surface area contributed by atoms with Crippen molar-refractivity contribution < 1.29 is 9.53 Å². The minimum Gasteiger partial charge on any atom is -0.496 e. The van der Waals surface area contributed by atoms with Crippen LogP contribution in [-0.2, 0) is 0 Å². The Morgan fingerprint density at radius 3 is 2.82 bits per heavy atom. The predicted octanol–water partition coefficient (Wildman–Crippen LogP) is 1.80. The Kier molecular flexibility index (Phi) is 2.54. The van der Waals surface area contributed by atoms with E-state index in [1.54, 1.807) is 18.2 Å². The number of thiol groups is 1. The largest absolute Gasteiger partial charge is 0.496 e. The Morgan fingerprint density at radius 2 is 2.27 bits per heavy atom. The summed E-state index contributed by atoms with van der Waals surface area (Å²) in [5.74, 6) is 0.563. The lowest BCUT2D eigenvalue weighted by atomic mass is 10.2. The molecule has 0 spiro atoms. The summed E-state index contributed by atoms with van der Waals surface area (Å²) < 4.78 is 4.94. The van der Waals surface area contributed by atoms with Gasteiger partial charge in [0.05, 0.1) is 12.7 Å². The zero-order chi connectivity index (χ0) is 8.27. The molecular formula is C8H8O2S. The van der Waals surface area contributed by atoms with Crippen molar-refractivity contribution in [2.45, 2.75) is 4.90 Å². The van der Waals surface area contributed by atoms with E-state index in [-0.39, 0.29) is 0 Å². The highest BCUT2D eigenvalue weighted by Gasteiger charge is 1.99. The van der Waals surface area contributed by atoms with Crippen LogP contribution in [0, 0.1) is 0 Å². The molecule has 0 radical (unpaired) electrons.